The van der Waals surface area contributed by atoms with Crippen LogP contribution >= 0.6 is 0 Å². The molecule has 1 unspecified atom stereocenters. The van der Waals surface area contributed by atoms with Gasteiger partial charge in [-0.05, 0) is 24.6 Å². The van der Waals surface area contributed by atoms with E-state index in [1.165, 1.54) is 7.11 Å². The SMILES string of the molecule is CCCC(O)CNC(=O)c1ccc(OC)c(N)c1. The third kappa shape index (κ3) is 3.92. The maximum atomic E-state index is 11.8. The number of ether oxygens (including phenoxy) is 1. The van der Waals surface area contributed by atoms with Crippen molar-refractivity contribution < 1.29 is 14.6 Å². The lowest BCUT2D eigenvalue weighted by molar-refractivity contribution is 0.0910. The number of methoxy groups -OCH3 is 1. The quantitative estimate of drug-likeness (QED) is 0.663. The highest BCUT2D eigenvalue weighted by Gasteiger charge is 2.10. The number of carbonyl (C=O) groups excluding carboxylic acids is 1. The summed E-state index contributed by atoms with van der Waals surface area (Å²) in [7, 11) is 1.52. The summed E-state index contributed by atoms with van der Waals surface area (Å²) < 4.78 is 5.01. The van der Waals surface area contributed by atoms with Crippen molar-refractivity contribution in [1.82, 2.24) is 5.32 Å². The van der Waals surface area contributed by atoms with Gasteiger partial charge in [-0.25, -0.2) is 0 Å². The maximum Gasteiger partial charge on any atom is 0.251 e. The highest BCUT2D eigenvalue weighted by molar-refractivity contribution is 5.95. The molecule has 4 N–H and O–H groups in total. The molecule has 1 rings (SSSR count). The molecule has 0 aliphatic carbocycles. The fourth-order valence-electron chi connectivity index (χ4n) is 1.62. The molecule has 5 nitrogen and oxygen atoms in total. The first-order valence-electron chi connectivity index (χ1n) is 5.98. The van der Waals surface area contributed by atoms with Gasteiger partial charge in [-0.1, -0.05) is 13.3 Å². The largest absolute Gasteiger partial charge is 0.495 e. The lowest BCUT2D eigenvalue weighted by Crippen LogP contribution is -2.32. The molecule has 0 saturated carbocycles. The van der Waals surface area contributed by atoms with Gasteiger partial charge in [0.1, 0.15) is 5.75 Å². The van der Waals surface area contributed by atoms with Crippen molar-refractivity contribution in [3.05, 3.63) is 23.8 Å². The monoisotopic (exact) mass is 252 g/mol. The molecule has 0 aliphatic heterocycles. The highest BCUT2D eigenvalue weighted by atomic mass is 16.5. The van der Waals surface area contributed by atoms with Gasteiger partial charge in [0, 0.05) is 12.1 Å². The molecule has 0 radical (unpaired) electrons. The van der Waals surface area contributed by atoms with Crippen LogP contribution < -0.4 is 15.8 Å². The Morgan fingerprint density at radius 2 is 2.28 bits per heavy atom. The Kier molecular flexibility index (Phi) is 5.45. The lowest BCUT2D eigenvalue weighted by atomic mass is 10.1. The molecule has 0 bridgehead atoms. The number of carbonyl (C=O) groups is 1. The summed E-state index contributed by atoms with van der Waals surface area (Å²) in [6, 6.07) is 4.84. The molecule has 1 atom stereocenters. The average Bonchev–Trinajstić information content (AvgIpc) is 2.36. The number of aliphatic hydroxyl groups excluding tert-OH is 1. The number of nitrogens with one attached hydrogen (secondary N) is 1. The van der Waals surface area contributed by atoms with E-state index in [0.29, 0.717) is 23.4 Å². The Labute approximate surface area is 107 Å². The number of rotatable bonds is 6. The van der Waals surface area contributed by atoms with E-state index in [-0.39, 0.29) is 12.5 Å². The molecule has 0 saturated heterocycles. The van der Waals surface area contributed by atoms with Gasteiger partial charge in [-0.15, -0.1) is 0 Å². The second kappa shape index (κ2) is 6.86. The van der Waals surface area contributed by atoms with Gasteiger partial charge in [-0.2, -0.15) is 0 Å². The van der Waals surface area contributed by atoms with E-state index in [4.69, 9.17) is 10.5 Å². The standard InChI is InChI=1S/C13H20N2O3/c1-3-4-10(16)8-15-13(17)9-5-6-12(18-2)11(14)7-9/h5-7,10,16H,3-4,8,14H2,1-2H3,(H,15,17). The van der Waals surface area contributed by atoms with Crippen LogP contribution in [0.15, 0.2) is 18.2 Å². The molecule has 0 heterocycles. The van der Waals surface area contributed by atoms with E-state index < -0.39 is 6.10 Å². The van der Waals surface area contributed by atoms with Crippen LogP contribution in [0.25, 0.3) is 0 Å². The van der Waals surface area contributed by atoms with Crippen molar-refractivity contribution in [3.8, 4) is 5.75 Å². The van der Waals surface area contributed by atoms with Gasteiger partial charge < -0.3 is 20.9 Å². The van der Waals surface area contributed by atoms with Crippen molar-refractivity contribution in [3.63, 3.8) is 0 Å². The number of hydrogen-bond acceptors (Lipinski definition) is 4. The van der Waals surface area contributed by atoms with Crippen LogP contribution in [0.1, 0.15) is 30.1 Å². The number of aliphatic hydroxyl groups is 1. The minimum Gasteiger partial charge on any atom is -0.495 e. The van der Waals surface area contributed by atoms with Gasteiger partial charge in [0.2, 0.25) is 0 Å². The predicted molar refractivity (Wildman–Crippen MR) is 70.7 cm³/mol. The summed E-state index contributed by atoms with van der Waals surface area (Å²) in [6.07, 6.45) is 1.05. The first-order valence-corrected chi connectivity index (χ1v) is 5.98. The normalized spacial score (nSPS) is 11.9. The van der Waals surface area contributed by atoms with E-state index in [1.54, 1.807) is 18.2 Å². The Hall–Kier alpha value is -1.75. The second-order valence-corrected chi connectivity index (χ2v) is 4.11. The summed E-state index contributed by atoms with van der Waals surface area (Å²) in [4.78, 5) is 11.8. The lowest BCUT2D eigenvalue weighted by Gasteiger charge is -2.11. The number of amides is 1. The molecule has 0 aromatic heterocycles. The van der Waals surface area contributed by atoms with E-state index in [1.807, 2.05) is 6.92 Å². The van der Waals surface area contributed by atoms with Crippen molar-refractivity contribution in [1.29, 1.82) is 0 Å². The average molecular weight is 252 g/mol. The number of hydrogen-bond donors (Lipinski definition) is 3. The molecule has 0 fully saturated rings. The Bertz CT molecular complexity index is 407. The van der Waals surface area contributed by atoms with E-state index in [0.717, 1.165) is 6.42 Å². The first-order chi connectivity index (χ1) is 8.58. The van der Waals surface area contributed by atoms with Crippen molar-refractivity contribution in [2.24, 2.45) is 0 Å². The zero-order valence-electron chi connectivity index (χ0n) is 10.8. The van der Waals surface area contributed by atoms with E-state index in [2.05, 4.69) is 5.32 Å². The van der Waals surface area contributed by atoms with Crippen LogP contribution in [0, 0.1) is 0 Å². The van der Waals surface area contributed by atoms with Gasteiger partial charge in [-0.3, -0.25) is 4.79 Å². The van der Waals surface area contributed by atoms with Crippen molar-refractivity contribution in [2.45, 2.75) is 25.9 Å². The van der Waals surface area contributed by atoms with E-state index in [9.17, 15) is 9.90 Å². The van der Waals surface area contributed by atoms with E-state index >= 15 is 0 Å². The van der Waals surface area contributed by atoms with Gasteiger partial charge in [0.25, 0.3) is 5.91 Å². The Morgan fingerprint density at radius 1 is 1.56 bits per heavy atom. The minimum atomic E-state index is -0.505. The fourth-order valence-corrected chi connectivity index (χ4v) is 1.62. The maximum absolute atomic E-state index is 11.8. The molecule has 18 heavy (non-hydrogen) atoms. The Balaban J connectivity index is 2.59. The third-order valence-electron chi connectivity index (χ3n) is 2.61. The topological polar surface area (TPSA) is 84.6 Å². The van der Waals surface area contributed by atoms with Crippen molar-refractivity contribution in [2.75, 3.05) is 19.4 Å². The summed E-state index contributed by atoms with van der Waals surface area (Å²) in [5.41, 5.74) is 6.59. The van der Waals surface area contributed by atoms with Crippen molar-refractivity contribution >= 4 is 11.6 Å². The third-order valence-corrected chi connectivity index (χ3v) is 2.61. The van der Waals surface area contributed by atoms with Crippen LogP contribution in [0.2, 0.25) is 0 Å². The molecule has 1 amide bonds. The van der Waals surface area contributed by atoms with Crippen LogP contribution in [-0.2, 0) is 0 Å². The molecule has 1 aromatic rings. The summed E-state index contributed by atoms with van der Waals surface area (Å²) in [6.45, 7) is 2.23. The first kappa shape index (κ1) is 14.3. The molecular formula is C13H20N2O3. The summed E-state index contributed by atoms with van der Waals surface area (Å²) in [5.74, 6) is 0.289. The Morgan fingerprint density at radius 3 is 2.83 bits per heavy atom. The fraction of sp³-hybridized carbons (Fsp3) is 0.462. The molecule has 1 aromatic carbocycles. The molecular weight excluding hydrogens is 232 g/mol. The predicted octanol–water partition coefficient (Wildman–Crippen LogP) is 1.17. The zero-order chi connectivity index (χ0) is 13.5. The number of benzene rings is 1. The number of nitrogen functional groups attached to an aromatic ring is 1. The summed E-state index contributed by atoms with van der Waals surface area (Å²) >= 11 is 0. The smallest absolute Gasteiger partial charge is 0.251 e. The van der Waals surface area contributed by atoms with Crippen LogP contribution in [0.3, 0.4) is 0 Å². The number of anilines is 1. The van der Waals surface area contributed by atoms with Crippen LogP contribution in [0.5, 0.6) is 5.75 Å². The second-order valence-electron chi connectivity index (χ2n) is 4.11. The molecule has 0 aliphatic rings. The van der Waals surface area contributed by atoms with Gasteiger partial charge in [0.05, 0.1) is 18.9 Å². The molecule has 0 spiro atoms. The van der Waals surface area contributed by atoms with Crippen LogP contribution in [-0.4, -0.2) is 30.8 Å². The van der Waals surface area contributed by atoms with Gasteiger partial charge >= 0.3 is 0 Å². The highest BCUT2D eigenvalue weighted by Crippen LogP contribution is 2.21. The van der Waals surface area contributed by atoms with Crippen LogP contribution in [0.4, 0.5) is 5.69 Å². The summed E-state index contributed by atoms with van der Waals surface area (Å²) in [5, 5.41) is 12.2. The number of nitrogens with two attached hydrogens (primary N) is 1. The zero-order valence-corrected chi connectivity index (χ0v) is 10.8. The molecule has 5 heteroatoms. The molecule has 100 valence electrons. The minimum absolute atomic E-state index is 0.249. The van der Waals surface area contributed by atoms with Gasteiger partial charge in [0.15, 0.2) is 0 Å².